The summed E-state index contributed by atoms with van der Waals surface area (Å²) in [5, 5.41) is 6.30. The summed E-state index contributed by atoms with van der Waals surface area (Å²) in [5.74, 6) is 0.828. The minimum atomic E-state index is -0.482. The van der Waals surface area contributed by atoms with E-state index in [1.165, 1.54) is 12.8 Å². The molecule has 21 heavy (non-hydrogen) atoms. The van der Waals surface area contributed by atoms with Gasteiger partial charge in [-0.15, -0.1) is 0 Å². The van der Waals surface area contributed by atoms with E-state index in [2.05, 4.69) is 17.6 Å². The van der Waals surface area contributed by atoms with Gasteiger partial charge in [0.15, 0.2) is 0 Å². The van der Waals surface area contributed by atoms with Crippen molar-refractivity contribution >= 4 is 17.5 Å². The average molecular weight is 290 g/mol. The van der Waals surface area contributed by atoms with E-state index >= 15 is 0 Å². The highest BCUT2D eigenvalue weighted by molar-refractivity contribution is 5.85. The Morgan fingerprint density at radius 2 is 1.81 bits per heavy atom. The Morgan fingerprint density at radius 1 is 1.24 bits per heavy atom. The second kappa shape index (κ2) is 6.37. The van der Waals surface area contributed by atoms with E-state index in [1.807, 2.05) is 45.0 Å². The molecule has 1 aromatic rings. The summed E-state index contributed by atoms with van der Waals surface area (Å²) in [6.45, 7) is 7.77. The van der Waals surface area contributed by atoms with Gasteiger partial charge in [-0.25, -0.2) is 4.79 Å². The van der Waals surface area contributed by atoms with Crippen LogP contribution < -0.4 is 10.6 Å². The first-order valence-corrected chi connectivity index (χ1v) is 7.74. The number of carbonyl (C=O) groups is 1. The normalized spacial score (nSPS) is 16.2. The maximum Gasteiger partial charge on any atom is 0.412 e. The van der Waals surface area contributed by atoms with E-state index in [4.69, 9.17) is 4.74 Å². The van der Waals surface area contributed by atoms with E-state index in [0.717, 1.165) is 23.7 Å². The maximum atomic E-state index is 11.7. The monoisotopic (exact) mass is 290 g/mol. The number of nitrogens with one attached hydrogen (secondary N) is 2. The number of ether oxygens (including phenoxy) is 1. The lowest BCUT2D eigenvalue weighted by atomic mass is 10.1. The summed E-state index contributed by atoms with van der Waals surface area (Å²) in [5.41, 5.74) is 1.36. The molecule has 1 fully saturated rings. The van der Waals surface area contributed by atoms with E-state index < -0.39 is 11.7 Å². The van der Waals surface area contributed by atoms with Crippen molar-refractivity contribution in [3.8, 4) is 0 Å². The van der Waals surface area contributed by atoms with Gasteiger partial charge in [0.05, 0.1) is 0 Å². The summed E-state index contributed by atoms with van der Waals surface area (Å²) >= 11 is 0. The van der Waals surface area contributed by atoms with Crippen LogP contribution in [0.3, 0.4) is 0 Å². The molecule has 2 rings (SSSR count). The number of amides is 1. The van der Waals surface area contributed by atoms with Crippen molar-refractivity contribution in [3.63, 3.8) is 0 Å². The van der Waals surface area contributed by atoms with Crippen LogP contribution in [-0.2, 0) is 4.74 Å². The van der Waals surface area contributed by atoms with Gasteiger partial charge in [0.1, 0.15) is 5.60 Å². The zero-order valence-corrected chi connectivity index (χ0v) is 13.4. The average Bonchev–Trinajstić information content (AvgIpc) is 3.20. The summed E-state index contributed by atoms with van der Waals surface area (Å²) in [4.78, 5) is 11.7. The van der Waals surface area contributed by atoms with Crippen molar-refractivity contribution in [2.24, 2.45) is 5.92 Å². The summed E-state index contributed by atoms with van der Waals surface area (Å²) in [6.07, 6.45) is 3.39. The van der Waals surface area contributed by atoms with Crippen molar-refractivity contribution in [2.75, 3.05) is 10.6 Å². The van der Waals surface area contributed by atoms with Crippen LogP contribution in [0.2, 0.25) is 0 Å². The number of rotatable bonds is 5. The highest BCUT2D eigenvalue weighted by Gasteiger charge is 2.29. The number of hydrogen-bond acceptors (Lipinski definition) is 3. The molecule has 1 atom stereocenters. The van der Waals surface area contributed by atoms with Crippen LogP contribution in [0.1, 0.15) is 47.0 Å². The van der Waals surface area contributed by atoms with E-state index in [-0.39, 0.29) is 0 Å². The second-order valence-electron chi connectivity index (χ2n) is 6.70. The van der Waals surface area contributed by atoms with Crippen molar-refractivity contribution in [3.05, 3.63) is 24.3 Å². The summed E-state index contributed by atoms with van der Waals surface area (Å²) in [6, 6.07) is 8.35. The van der Waals surface area contributed by atoms with Gasteiger partial charge in [-0.2, -0.15) is 0 Å². The summed E-state index contributed by atoms with van der Waals surface area (Å²) < 4.78 is 5.23. The molecular formula is C17H26N2O2. The zero-order chi connectivity index (χ0) is 15.5. The smallest absolute Gasteiger partial charge is 0.412 e. The van der Waals surface area contributed by atoms with Gasteiger partial charge in [-0.05, 0) is 70.2 Å². The van der Waals surface area contributed by atoms with Crippen LogP contribution in [0.15, 0.2) is 24.3 Å². The van der Waals surface area contributed by atoms with Crippen molar-refractivity contribution in [2.45, 2.75) is 58.6 Å². The standard InChI is InChI=1S/C17H26N2O2/c1-5-15(12-6-7-12)18-13-8-10-14(11-9-13)19-16(20)21-17(2,3)4/h8-12,15,18H,5-7H2,1-4H3,(H,19,20). The van der Waals surface area contributed by atoms with Crippen LogP contribution >= 0.6 is 0 Å². The quantitative estimate of drug-likeness (QED) is 0.831. The first-order chi connectivity index (χ1) is 9.87. The van der Waals surface area contributed by atoms with Crippen molar-refractivity contribution in [1.82, 2.24) is 0 Å². The molecular weight excluding hydrogens is 264 g/mol. The van der Waals surface area contributed by atoms with Gasteiger partial charge in [-0.3, -0.25) is 5.32 Å². The molecule has 0 aromatic heterocycles. The fourth-order valence-electron chi connectivity index (χ4n) is 2.34. The molecule has 1 unspecified atom stereocenters. The molecule has 0 bridgehead atoms. The predicted octanol–water partition coefficient (Wildman–Crippen LogP) is 4.63. The number of hydrogen-bond donors (Lipinski definition) is 2. The third-order valence-electron chi connectivity index (χ3n) is 3.51. The number of benzene rings is 1. The van der Waals surface area contributed by atoms with Gasteiger partial charge in [0, 0.05) is 17.4 Å². The molecule has 0 heterocycles. The highest BCUT2D eigenvalue weighted by Crippen LogP contribution is 2.35. The maximum absolute atomic E-state index is 11.7. The highest BCUT2D eigenvalue weighted by atomic mass is 16.6. The first-order valence-electron chi connectivity index (χ1n) is 7.74. The third kappa shape index (κ3) is 5.29. The fourth-order valence-corrected chi connectivity index (χ4v) is 2.34. The lowest BCUT2D eigenvalue weighted by Gasteiger charge is -2.20. The lowest BCUT2D eigenvalue weighted by molar-refractivity contribution is 0.0636. The Labute approximate surface area is 127 Å². The molecule has 0 radical (unpaired) electrons. The molecule has 1 aromatic carbocycles. The molecule has 0 aliphatic heterocycles. The van der Waals surface area contributed by atoms with E-state index in [1.54, 1.807) is 0 Å². The lowest BCUT2D eigenvalue weighted by Crippen LogP contribution is -2.27. The fraction of sp³-hybridized carbons (Fsp3) is 0.588. The van der Waals surface area contributed by atoms with Gasteiger partial charge in [0.25, 0.3) is 0 Å². The van der Waals surface area contributed by atoms with Crippen LogP contribution in [-0.4, -0.2) is 17.7 Å². The molecule has 1 aliphatic carbocycles. The van der Waals surface area contributed by atoms with Crippen molar-refractivity contribution < 1.29 is 9.53 Å². The van der Waals surface area contributed by atoms with Gasteiger partial charge in [0.2, 0.25) is 0 Å². The molecule has 1 saturated carbocycles. The van der Waals surface area contributed by atoms with Crippen LogP contribution in [0.5, 0.6) is 0 Å². The Bertz CT molecular complexity index is 473. The SMILES string of the molecule is CCC(Nc1ccc(NC(=O)OC(C)(C)C)cc1)C1CC1. The Morgan fingerprint density at radius 3 is 2.29 bits per heavy atom. The molecule has 1 amide bonds. The Kier molecular flexibility index (Phi) is 4.76. The minimum absolute atomic E-state index is 0.423. The van der Waals surface area contributed by atoms with Gasteiger partial charge in [-0.1, -0.05) is 6.92 Å². The van der Waals surface area contributed by atoms with Crippen LogP contribution in [0.4, 0.5) is 16.2 Å². The number of anilines is 2. The molecule has 1 aliphatic rings. The molecule has 4 nitrogen and oxygen atoms in total. The number of carbonyl (C=O) groups excluding carboxylic acids is 1. The molecule has 2 N–H and O–H groups in total. The van der Waals surface area contributed by atoms with E-state index in [0.29, 0.717) is 6.04 Å². The summed E-state index contributed by atoms with van der Waals surface area (Å²) in [7, 11) is 0. The Hall–Kier alpha value is -1.71. The minimum Gasteiger partial charge on any atom is -0.444 e. The Balaban J connectivity index is 1.88. The second-order valence-corrected chi connectivity index (χ2v) is 6.70. The van der Waals surface area contributed by atoms with Crippen LogP contribution in [0, 0.1) is 5.92 Å². The van der Waals surface area contributed by atoms with Crippen molar-refractivity contribution in [1.29, 1.82) is 0 Å². The largest absolute Gasteiger partial charge is 0.444 e. The molecule has 116 valence electrons. The topological polar surface area (TPSA) is 50.4 Å². The first kappa shape index (κ1) is 15.7. The zero-order valence-electron chi connectivity index (χ0n) is 13.4. The van der Waals surface area contributed by atoms with Gasteiger partial charge < -0.3 is 10.1 Å². The van der Waals surface area contributed by atoms with Crippen LogP contribution in [0.25, 0.3) is 0 Å². The molecule has 0 saturated heterocycles. The third-order valence-corrected chi connectivity index (χ3v) is 3.51. The predicted molar refractivity (Wildman–Crippen MR) is 86.7 cm³/mol. The molecule has 0 spiro atoms. The van der Waals surface area contributed by atoms with E-state index in [9.17, 15) is 4.79 Å². The van der Waals surface area contributed by atoms with Gasteiger partial charge >= 0.3 is 6.09 Å². The molecule has 4 heteroatoms.